The molecule has 6 nitrogen and oxygen atoms in total. The van der Waals surface area contributed by atoms with Crippen molar-refractivity contribution in [2.75, 3.05) is 26.4 Å². The van der Waals surface area contributed by atoms with Crippen LogP contribution in [0.1, 0.15) is 41.3 Å². The van der Waals surface area contributed by atoms with Crippen molar-refractivity contribution in [3.8, 4) is 23.0 Å². The van der Waals surface area contributed by atoms with Crippen molar-refractivity contribution in [2.45, 2.75) is 31.8 Å². The van der Waals surface area contributed by atoms with E-state index in [0.29, 0.717) is 26.4 Å². The lowest BCUT2D eigenvalue weighted by atomic mass is 9.76. The monoisotopic (exact) mass is 379 g/mol. The SMILES string of the molecule is CC(=O)N1C2Cc3cc4c(cc3C1Cc1cc3c(cc12)OCCO3)OCCO4. The van der Waals surface area contributed by atoms with Gasteiger partial charge in [-0.15, -0.1) is 0 Å². The molecule has 0 aliphatic carbocycles. The van der Waals surface area contributed by atoms with Gasteiger partial charge in [0.1, 0.15) is 26.4 Å². The Labute approximate surface area is 162 Å². The molecule has 0 spiro atoms. The molecule has 2 bridgehead atoms. The van der Waals surface area contributed by atoms with Crippen LogP contribution in [0.3, 0.4) is 0 Å². The Hall–Kier alpha value is -2.89. The molecule has 28 heavy (non-hydrogen) atoms. The summed E-state index contributed by atoms with van der Waals surface area (Å²) >= 11 is 0. The summed E-state index contributed by atoms with van der Waals surface area (Å²) in [6.45, 7) is 3.92. The van der Waals surface area contributed by atoms with E-state index in [9.17, 15) is 4.79 Å². The first-order chi connectivity index (χ1) is 13.7. The Morgan fingerprint density at radius 2 is 1.14 bits per heavy atom. The Kier molecular flexibility index (Phi) is 3.34. The maximum atomic E-state index is 12.6. The van der Waals surface area contributed by atoms with E-state index in [4.69, 9.17) is 18.9 Å². The summed E-state index contributed by atoms with van der Waals surface area (Å²) in [7, 11) is 0. The van der Waals surface area contributed by atoms with Crippen LogP contribution in [0, 0.1) is 0 Å². The number of carbonyl (C=O) groups is 1. The number of hydrogen-bond acceptors (Lipinski definition) is 5. The molecular formula is C22H21NO5. The smallest absolute Gasteiger partial charge is 0.220 e. The third-order valence-electron chi connectivity index (χ3n) is 6.19. The minimum atomic E-state index is -0.00265. The average Bonchev–Trinajstić information content (AvgIpc) is 2.71. The summed E-state index contributed by atoms with van der Waals surface area (Å²) in [5.41, 5.74) is 4.79. The minimum absolute atomic E-state index is 0.00265. The molecule has 6 heteroatoms. The Morgan fingerprint density at radius 3 is 1.54 bits per heavy atom. The summed E-state index contributed by atoms with van der Waals surface area (Å²) in [4.78, 5) is 14.6. The lowest BCUT2D eigenvalue weighted by Gasteiger charge is -2.48. The molecule has 0 aromatic heterocycles. The normalized spacial score (nSPS) is 23.5. The van der Waals surface area contributed by atoms with Crippen molar-refractivity contribution in [2.24, 2.45) is 0 Å². The highest BCUT2D eigenvalue weighted by molar-refractivity contribution is 5.76. The summed E-state index contributed by atoms with van der Waals surface area (Å²) in [5.74, 6) is 3.26. The van der Waals surface area contributed by atoms with E-state index in [1.165, 1.54) is 11.1 Å². The van der Waals surface area contributed by atoms with Gasteiger partial charge in [0.05, 0.1) is 12.1 Å². The maximum Gasteiger partial charge on any atom is 0.220 e. The van der Waals surface area contributed by atoms with E-state index < -0.39 is 0 Å². The van der Waals surface area contributed by atoms with E-state index in [1.54, 1.807) is 6.92 Å². The number of carbonyl (C=O) groups excluding carboxylic acids is 1. The molecule has 2 unspecified atom stereocenters. The molecule has 4 aliphatic heterocycles. The van der Waals surface area contributed by atoms with Gasteiger partial charge in [-0.25, -0.2) is 0 Å². The predicted molar refractivity (Wildman–Crippen MR) is 100 cm³/mol. The molecule has 6 rings (SSSR count). The zero-order valence-corrected chi connectivity index (χ0v) is 15.7. The first-order valence-corrected chi connectivity index (χ1v) is 9.83. The van der Waals surface area contributed by atoms with E-state index in [1.807, 2.05) is 4.90 Å². The largest absolute Gasteiger partial charge is 0.486 e. The van der Waals surface area contributed by atoms with Gasteiger partial charge in [-0.2, -0.15) is 0 Å². The molecule has 1 amide bonds. The quantitative estimate of drug-likeness (QED) is 0.704. The maximum absolute atomic E-state index is 12.6. The van der Waals surface area contributed by atoms with Crippen molar-refractivity contribution >= 4 is 5.91 Å². The molecule has 0 saturated heterocycles. The van der Waals surface area contributed by atoms with E-state index >= 15 is 0 Å². The molecule has 144 valence electrons. The van der Waals surface area contributed by atoms with Crippen molar-refractivity contribution < 1.29 is 23.7 Å². The van der Waals surface area contributed by atoms with Crippen LogP contribution in [0.4, 0.5) is 0 Å². The fourth-order valence-electron chi connectivity index (χ4n) is 5.06. The summed E-state index contributed by atoms with van der Waals surface area (Å²) in [5, 5.41) is 0. The molecule has 0 fully saturated rings. The zero-order chi connectivity index (χ0) is 18.8. The second-order valence-corrected chi connectivity index (χ2v) is 7.76. The number of nitrogens with zero attached hydrogens (tertiary/aromatic N) is 1. The molecule has 0 N–H and O–H groups in total. The third kappa shape index (κ3) is 2.23. The lowest BCUT2D eigenvalue weighted by Crippen LogP contribution is -2.45. The fourth-order valence-corrected chi connectivity index (χ4v) is 5.06. The van der Waals surface area contributed by atoms with Crippen LogP contribution in [-0.4, -0.2) is 37.2 Å². The number of ether oxygens (including phenoxy) is 4. The van der Waals surface area contributed by atoms with Crippen LogP contribution < -0.4 is 18.9 Å². The van der Waals surface area contributed by atoms with Gasteiger partial charge in [0.2, 0.25) is 5.91 Å². The first-order valence-electron chi connectivity index (χ1n) is 9.83. The third-order valence-corrected chi connectivity index (χ3v) is 6.19. The van der Waals surface area contributed by atoms with Crippen molar-refractivity contribution in [3.63, 3.8) is 0 Å². The second kappa shape index (κ2) is 5.80. The molecule has 2 atom stereocenters. The van der Waals surface area contributed by atoms with Gasteiger partial charge in [-0.1, -0.05) is 0 Å². The highest BCUT2D eigenvalue weighted by Gasteiger charge is 2.43. The van der Waals surface area contributed by atoms with Gasteiger partial charge in [0, 0.05) is 6.92 Å². The predicted octanol–water partition coefficient (Wildman–Crippen LogP) is 2.97. The minimum Gasteiger partial charge on any atom is -0.486 e. The summed E-state index contributed by atoms with van der Waals surface area (Å²) in [6.07, 6.45) is 1.52. The Balaban J connectivity index is 1.51. The molecule has 4 heterocycles. The molecular weight excluding hydrogens is 358 g/mol. The van der Waals surface area contributed by atoms with Crippen LogP contribution in [0.5, 0.6) is 23.0 Å². The van der Waals surface area contributed by atoms with Crippen molar-refractivity contribution in [1.29, 1.82) is 0 Å². The molecule has 0 radical (unpaired) electrons. The lowest BCUT2D eigenvalue weighted by molar-refractivity contribution is -0.135. The van der Waals surface area contributed by atoms with Gasteiger partial charge < -0.3 is 23.8 Å². The summed E-state index contributed by atoms with van der Waals surface area (Å²) < 4.78 is 23.2. The number of fused-ring (bicyclic) bond motifs is 8. The second-order valence-electron chi connectivity index (χ2n) is 7.76. The standard InChI is InChI=1S/C22H21NO5/c1-12(24)23-17-6-13-8-19-21(27-4-2-25-19)10-15(13)18(23)7-14-9-20-22(11-16(14)17)28-5-3-26-20/h8-11,17-18H,2-7H2,1H3. The van der Waals surface area contributed by atoms with Crippen LogP contribution in [0.25, 0.3) is 0 Å². The Morgan fingerprint density at radius 1 is 0.750 bits per heavy atom. The van der Waals surface area contributed by atoms with Gasteiger partial charge in [-0.3, -0.25) is 4.79 Å². The number of amides is 1. The number of hydrogen-bond donors (Lipinski definition) is 0. The highest BCUT2D eigenvalue weighted by atomic mass is 16.6. The molecule has 2 aromatic rings. The van der Waals surface area contributed by atoms with Crippen molar-refractivity contribution in [3.05, 3.63) is 46.5 Å². The molecule has 0 saturated carbocycles. The topological polar surface area (TPSA) is 57.2 Å². The molecule has 2 aromatic carbocycles. The van der Waals surface area contributed by atoms with Crippen LogP contribution in [-0.2, 0) is 17.6 Å². The van der Waals surface area contributed by atoms with Crippen LogP contribution in [0.15, 0.2) is 24.3 Å². The van der Waals surface area contributed by atoms with Crippen LogP contribution in [0.2, 0.25) is 0 Å². The van der Waals surface area contributed by atoms with Crippen molar-refractivity contribution in [1.82, 2.24) is 4.90 Å². The average molecular weight is 379 g/mol. The van der Waals surface area contributed by atoms with E-state index in [2.05, 4.69) is 24.3 Å². The van der Waals surface area contributed by atoms with Gasteiger partial charge in [0.15, 0.2) is 23.0 Å². The van der Waals surface area contributed by atoms with Gasteiger partial charge >= 0.3 is 0 Å². The van der Waals surface area contributed by atoms with Gasteiger partial charge in [-0.05, 0) is 59.4 Å². The highest BCUT2D eigenvalue weighted by Crippen LogP contribution is 2.51. The van der Waals surface area contributed by atoms with E-state index in [0.717, 1.165) is 47.0 Å². The molecule has 4 aliphatic rings. The van der Waals surface area contributed by atoms with Gasteiger partial charge in [0.25, 0.3) is 0 Å². The fraction of sp³-hybridized carbons (Fsp3) is 0.409. The van der Waals surface area contributed by atoms with E-state index in [-0.39, 0.29) is 18.0 Å². The number of rotatable bonds is 0. The Bertz CT molecular complexity index is 927. The number of benzene rings is 2. The van der Waals surface area contributed by atoms with Crippen LogP contribution >= 0.6 is 0 Å². The zero-order valence-electron chi connectivity index (χ0n) is 15.7. The first kappa shape index (κ1) is 16.1. The summed E-state index contributed by atoms with van der Waals surface area (Å²) in [6, 6.07) is 8.34.